The van der Waals surface area contributed by atoms with E-state index < -0.39 is 0 Å². The van der Waals surface area contributed by atoms with Crippen molar-refractivity contribution in [1.29, 1.82) is 0 Å². The maximum absolute atomic E-state index is 12.4. The molecule has 1 amide bonds. The van der Waals surface area contributed by atoms with Gasteiger partial charge in [0, 0.05) is 6.08 Å². The topological polar surface area (TPSA) is 60.5 Å². The second-order valence-electron chi connectivity index (χ2n) is 7.71. The van der Waals surface area contributed by atoms with Crippen LogP contribution in [0, 0.1) is 19.8 Å². The van der Waals surface area contributed by atoms with E-state index in [1.165, 1.54) is 23.0 Å². The van der Waals surface area contributed by atoms with Gasteiger partial charge in [-0.2, -0.15) is 0 Å². The van der Waals surface area contributed by atoms with Crippen LogP contribution in [0.25, 0.3) is 16.3 Å². The number of benzene rings is 2. The van der Waals surface area contributed by atoms with E-state index in [0.717, 1.165) is 27.8 Å². The summed E-state index contributed by atoms with van der Waals surface area (Å²) in [7, 11) is 1.61. The van der Waals surface area contributed by atoms with Gasteiger partial charge in [0.2, 0.25) is 5.91 Å². The molecule has 0 bridgehead atoms. The molecule has 0 saturated heterocycles. The quantitative estimate of drug-likeness (QED) is 0.451. The predicted octanol–water partition coefficient (Wildman–Crippen LogP) is 6.00. The molecule has 0 unspecified atom stereocenters. The first-order valence-corrected chi connectivity index (χ1v) is 10.8. The van der Waals surface area contributed by atoms with E-state index in [-0.39, 0.29) is 5.91 Å². The molecule has 5 nitrogen and oxygen atoms in total. The van der Waals surface area contributed by atoms with Crippen LogP contribution >= 0.6 is 11.3 Å². The fraction of sp³-hybridized carbons (Fsp3) is 0.333. The Balaban J connectivity index is 1.66. The average molecular weight is 425 g/mol. The molecular formula is C24H28N2O3S. The van der Waals surface area contributed by atoms with E-state index in [0.29, 0.717) is 29.2 Å². The molecule has 158 valence electrons. The van der Waals surface area contributed by atoms with Crippen molar-refractivity contribution in [2.45, 2.75) is 34.1 Å². The Kier molecular flexibility index (Phi) is 7.11. The van der Waals surface area contributed by atoms with E-state index in [1.54, 1.807) is 13.2 Å². The van der Waals surface area contributed by atoms with Crippen molar-refractivity contribution in [3.05, 3.63) is 53.1 Å². The molecule has 1 N–H and O–H groups in total. The highest BCUT2D eigenvalue weighted by molar-refractivity contribution is 7.22. The van der Waals surface area contributed by atoms with E-state index in [9.17, 15) is 4.79 Å². The molecule has 0 atom stereocenters. The van der Waals surface area contributed by atoms with Gasteiger partial charge in [0.1, 0.15) is 0 Å². The number of nitrogens with zero attached hydrogens (tertiary/aromatic N) is 1. The molecule has 0 fully saturated rings. The fourth-order valence-corrected chi connectivity index (χ4v) is 4.10. The molecule has 3 rings (SSSR count). The van der Waals surface area contributed by atoms with Crippen molar-refractivity contribution >= 4 is 38.7 Å². The summed E-state index contributed by atoms with van der Waals surface area (Å²) in [6, 6.07) is 9.81. The largest absolute Gasteiger partial charge is 0.493 e. The molecule has 1 aromatic heterocycles. The van der Waals surface area contributed by atoms with Crippen LogP contribution in [0.4, 0.5) is 5.13 Å². The van der Waals surface area contributed by atoms with E-state index in [2.05, 4.69) is 43.2 Å². The molecule has 0 spiro atoms. The highest BCUT2D eigenvalue weighted by Gasteiger charge is 2.09. The normalized spacial score (nSPS) is 11.4. The summed E-state index contributed by atoms with van der Waals surface area (Å²) in [5.74, 6) is 1.72. The lowest BCUT2D eigenvalue weighted by Crippen LogP contribution is -2.07. The molecule has 3 aromatic rings. The molecule has 0 aliphatic rings. The number of anilines is 1. The van der Waals surface area contributed by atoms with E-state index in [1.807, 2.05) is 25.1 Å². The summed E-state index contributed by atoms with van der Waals surface area (Å²) < 4.78 is 12.3. The van der Waals surface area contributed by atoms with Gasteiger partial charge in [-0.3, -0.25) is 10.1 Å². The number of rotatable bonds is 8. The summed E-state index contributed by atoms with van der Waals surface area (Å²) in [5.41, 5.74) is 4.09. The first-order valence-electron chi connectivity index (χ1n) is 10.0. The number of aromatic nitrogens is 1. The number of methoxy groups -OCH3 is 1. The van der Waals surface area contributed by atoms with Crippen LogP contribution < -0.4 is 14.8 Å². The van der Waals surface area contributed by atoms with Gasteiger partial charge in [-0.15, -0.1) is 0 Å². The van der Waals surface area contributed by atoms with E-state index >= 15 is 0 Å². The lowest BCUT2D eigenvalue weighted by Gasteiger charge is -2.12. The third kappa shape index (κ3) is 5.60. The number of carbonyl (C=O) groups is 1. The molecule has 0 saturated carbocycles. The number of ether oxygens (including phenoxy) is 2. The van der Waals surface area contributed by atoms with Crippen LogP contribution in [-0.4, -0.2) is 24.6 Å². The minimum Gasteiger partial charge on any atom is -0.493 e. The Hall–Kier alpha value is -2.86. The molecular weight excluding hydrogens is 396 g/mol. The zero-order chi connectivity index (χ0) is 21.7. The number of thiazole rings is 1. The first kappa shape index (κ1) is 21.8. The zero-order valence-electron chi connectivity index (χ0n) is 18.1. The minimum atomic E-state index is -0.223. The smallest absolute Gasteiger partial charge is 0.250 e. The third-order valence-corrected chi connectivity index (χ3v) is 5.55. The molecule has 6 heteroatoms. The molecule has 30 heavy (non-hydrogen) atoms. The van der Waals surface area contributed by atoms with Crippen molar-refractivity contribution in [3.63, 3.8) is 0 Å². The number of amides is 1. The molecule has 1 heterocycles. The fourth-order valence-electron chi connectivity index (χ4n) is 3.05. The second kappa shape index (κ2) is 9.76. The van der Waals surface area contributed by atoms with Gasteiger partial charge in [-0.1, -0.05) is 37.3 Å². The van der Waals surface area contributed by atoms with Crippen LogP contribution in [0.1, 0.15) is 37.0 Å². The van der Waals surface area contributed by atoms with Gasteiger partial charge < -0.3 is 9.47 Å². The summed E-state index contributed by atoms with van der Waals surface area (Å²) in [4.78, 5) is 16.9. The Bertz CT molecular complexity index is 1070. The van der Waals surface area contributed by atoms with Crippen LogP contribution in [0.5, 0.6) is 11.5 Å². The third-order valence-electron chi connectivity index (χ3n) is 4.63. The Labute approximate surface area is 181 Å². The highest BCUT2D eigenvalue weighted by Crippen LogP contribution is 2.30. The van der Waals surface area contributed by atoms with Crippen molar-refractivity contribution in [3.8, 4) is 11.5 Å². The van der Waals surface area contributed by atoms with E-state index in [4.69, 9.17) is 9.47 Å². The Morgan fingerprint density at radius 2 is 2.00 bits per heavy atom. The van der Waals surface area contributed by atoms with Crippen molar-refractivity contribution in [2.24, 2.45) is 5.92 Å². The predicted molar refractivity (Wildman–Crippen MR) is 125 cm³/mol. The van der Waals surface area contributed by atoms with Gasteiger partial charge in [0.15, 0.2) is 16.6 Å². The lowest BCUT2D eigenvalue weighted by atomic mass is 10.1. The number of aryl methyl sites for hydroxylation is 2. The number of hydrogen-bond donors (Lipinski definition) is 1. The van der Waals surface area contributed by atoms with Gasteiger partial charge in [-0.25, -0.2) is 4.98 Å². The zero-order valence-corrected chi connectivity index (χ0v) is 18.9. The summed E-state index contributed by atoms with van der Waals surface area (Å²) in [6.45, 7) is 9.06. The maximum atomic E-state index is 12.4. The standard InChI is InChI=1S/C24H28N2O3S/c1-15(2)10-11-29-19-8-6-18(14-20(19)28-5)7-9-22(27)25-24-26-23-17(4)12-16(3)13-21(23)30-24/h6-9,12-15H,10-11H2,1-5H3,(H,25,26,27)/b9-7+. The van der Waals surface area contributed by atoms with Crippen LogP contribution in [-0.2, 0) is 4.79 Å². The van der Waals surface area contributed by atoms with Crippen molar-refractivity contribution < 1.29 is 14.3 Å². The Morgan fingerprint density at radius 3 is 2.73 bits per heavy atom. The van der Waals surface area contributed by atoms with Gasteiger partial charge in [0.25, 0.3) is 0 Å². The summed E-state index contributed by atoms with van der Waals surface area (Å²) >= 11 is 1.48. The minimum absolute atomic E-state index is 0.223. The van der Waals surface area contributed by atoms with Crippen molar-refractivity contribution in [2.75, 3.05) is 19.0 Å². The van der Waals surface area contributed by atoms with Crippen molar-refractivity contribution in [1.82, 2.24) is 4.98 Å². The summed E-state index contributed by atoms with van der Waals surface area (Å²) in [5, 5.41) is 3.45. The van der Waals surface area contributed by atoms with Gasteiger partial charge in [-0.05, 0) is 67.2 Å². The number of carbonyl (C=O) groups excluding carboxylic acids is 1. The lowest BCUT2D eigenvalue weighted by molar-refractivity contribution is -0.111. The average Bonchev–Trinajstić information content (AvgIpc) is 3.09. The monoisotopic (exact) mass is 424 g/mol. The molecule has 0 aliphatic heterocycles. The highest BCUT2D eigenvalue weighted by atomic mass is 32.1. The summed E-state index contributed by atoms with van der Waals surface area (Å²) in [6.07, 6.45) is 4.23. The molecule has 0 aliphatic carbocycles. The first-order chi connectivity index (χ1) is 14.4. The van der Waals surface area contributed by atoms with Crippen LogP contribution in [0.15, 0.2) is 36.4 Å². The van der Waals surface area contributed by atoms with Crippen LogP contribution in [0.3, 0.4) is 0 Å². The maximum Gasteiger partial charge on any atom is 0.250 e. The molecule has 0 radical (unpaired) electrons. The van der Waals surface area contributed by atoms with Crippen LogP contribution in [0.2, 0.25) is 0 Å². The molecule has 2 aromatic carbocycles. The van der Waals surface area contributed by atoms with Gasteiger partial charge >= 0.3 is 0 Å². The Morgan fingerprint density at radius 1 is 1.20 bits per heavy atom. The van der Waals surface area contributed by atoms with Gasteiger partial charge in [0.05, 0.1) is 23.9 Å². The number of fused-ring (bicyclic) bond motifs is 1. The second-order valence-corrected chi connectivity index (χ2v) is 8.74. The SMILES string of the molecule is COc1cc(/C=C/C(=O)Nc2nc3c(C)cc(C)cc3s2)ccc1OCCC(C)C. The number of hydrogen-bond acceptors (Lipinski definition) is 5. The number of nitrogens with one attached hydrogen (secondary N) is 1.